The van der Waals surface area contributed by atoms with Crippen LogP contribution in [-0.2, 0) is 19.1 Å². The predicted molar refractivity (Wildman–Crippen MR) is 75.8 cm³/mol. The Labute approximate surface area is 121 Å². The quantitative estimate of drug-likeness (QED) is 0.560. The van der Waals surface area contributed by atoms with Crippen molar-refractivity contribution in [1.82, 2.24) is 0 Å². The smallest absolute Gasteiger partial charge is 0.305 e. The summed E-state index contributed by atoms with van der Waals surface area (Å²) >= 11 is 0. The van der Waals surface area contributed by atoms with Gasteiger partial charge in [0.2, 0.25) is 11.8 Å². The van der Waals surface area contributed by atoms with E-state index in [0.717, 1.165) is 0 Å². The van der Waals surface area contributed by atoms with Gasteiger partial charge in [0.05, 0.1) is 12.5 Å². The molecule has 114 valence electrons. The maximum Gasteiger partial charge on any atom is 0.305 e. The molecule has 2 amide bonds. The number of nitrogens with one attached hydrogen (secondary N) is 2. The number of amides is 2. The molecular formula is C13H17N3O5. The Bertz CT molecular complexity index is 515. The van der Waals surface area contributed by atoms with Gasteiger partial charge < -0.3 is 26.2 Å². The Morgan fingerprint density at radius 3 is 2.19 bits per heavy atom. The third-order valence-electron chi connectivity index (χ3n) is 2.44. The van der Waals surface area contributed by atoms with Crippen molar-refractivity contribution in [3.63, 3.8) is 0 Å². The van der Waals surface area contributed by atoms with Crippen molar-refractivity contribution in [2.75, 3.05) is 24.4 Å². The fourth-order valence-corrected chi connectivity index (χ4v) is 1.48. The van der Waals surface area contributed by atoms with Crippen molar-refractivity contribution < 1.29 is 24.2 Å². The van der Waals surface area contributed by atoms with Crippen LogP contribution in [0.3, 0.4) is 0 Å². The number of rotatable bonds is 7. The van der Waals surface area contributed by atoms with Crippen molar-refractivity contribution in [2.45, 2.75) is 12.5 Å². The van der Waals surface area contributed by atoms with Crippen LogP contribution in [0.2, 0.25) is 0 Å². The zero-order chi connectivity index (χ0) is 15.8. The molecule has 0 aliphatic heterocycles. The SMILES string of the molecule is COCC(=O)Nc1ccc(NC(=O)C(N)CC(=O)O)cc1. The predicted octanol–water partition coefficient (Wildman–Crippen LogP) is 0.0120. The zero-order valence-electron chi connectivity index (χ0n) is 11.5. The lowest BCUT2D eigenvalue weighted by atomic mass is 10.2. The molecule has 21 heavy (non-hydrogen) atoms. The maximum absolute atomic E-state index is 11.6. The minimum absolute atomic E-state index is 0.0530. The Morgan fingerprint density at radius 1 is 1.19 bits per heavy atom. The minimum Gasteiger partial charge on any atom is -0.481 e. The lowest BCUT2D eigenvalue weighted by molar-refractivity contribution is -0.138. The van der Waals surface area contributed by atoms with Gasteiger partial charge >= 0.3 is 5.97 Å². The van der Waals surface area contributed by atoms with Crippen molar-refractivity contribution in [3.05, 3.63) is 24.3 Å². The standard InChI is InChI=1S/C13H17N3O5/c1-21-7-11(17)15-8-2-4-9(5-3-8)16-13(20)10(14)6-12(18)19/h2-5,10H,6-7,14H2,1H3,(H,15,17)(H,16,20)(H,18,19). The van der Waals surface area contributed by atoms with E-state index in [4.69, 9.17) is 10.8 Å². The topological polar surface area (TPSA) is 131 Å². The first-order chi connectivity index (χ1) is 9.92. The third-order valence-corrected chi connectivity index (χ3v) is 2.44. The normalized spacial score (nSPS) is 11.5. The van der Waals surface area contributed by atoms with Crippen LogP contribution >= 0.6 is 0 Å². The number of aliphatic carboxylic acids is 1. The van der Waals surface area contributed by atoms with Crippen molar-refractivity contribution in [3.8, 4) is 0 Å². The van der Waals surface area contributed by atoms with Gasteiger partial charge in [-0.2, -0.15) is 0 Å². The first-order valence-electron chi connectivity index (χ1n) is 6.09. The second kappa shape index (κ2) is 7.98. The number of carbonyl (C=O) groups is 3. The van der Waals surface area contributed by atoms with Crippen LogP contribution in [0.15, 0.2) is 24.3 Å². The van der Waals surface area contributed by atoms with Gasteiger partial charge in [0.15, 0.2) is 0 Å². The van der Waals surface area contributed by atoms with Gasteiger partial charge in [-0.1, -0.05) is 0 Å². The van der Waals surface area contributed by atoms with E-state index in [0.29, 0.717) is 11.4 Å². The third kappa shape index (κ3) is 6.02. The van der Waals surface area contributed by atoms with E-state index in [1.807, 2.05) is 0 Å². The molecule has 0 heterocycles. The molecule has 1 unspecified atom stereocenters. The molecule has 0 aliphatic carbocycles. The van der Waals surface area contributed by atoms with Gasteiger partial charge in [0.1, 0.15) is 6.61 Å². The van der Waals surface area contributed by atoms with Crippen molar-refractivity contribution >= 4 is 29.2 Å². The van der Waals surface area contributed by atoms with Crippen LogP contribution in [-0.4, -0.2) is 42.6 Å². The number of carboxylic acids is 1. The van der Waals surface area contributed by atoms with E-state index < -0.39 is 24.3 Å². The molecule has 0 saturated carbocycles. The molecular weight excluding hydrogens is 278 g/mol. The largest absolute Gasteiger partial charge is 0.481 e. The summed E-state index contributed by atoms with van der Waals surface area (Å²) in [5, 5.41) is 13.6. The van der Waals surface area contributed by atoms with E-state index in [-0.39, 0.29) is 12.5 Å². The average Bonchev–Trinajstić information content (AvgIpc) is 2.40. The summed E-state index contributed by atoms with van der Waals surface area (Å²) in [6, 6.07) is 5.18. The summed E-state index contributed by atoms with van der Waals surface area (Å²) in [5.41, 5.74) is 6.43. The molecule has 1 aromatic rings. The zero-order valence-corrected chi connectivity index (χ0v) is 11.5. The average molecular weight is 295 g/mol. The molecule has 1 atom stereocenters. The monoisotopic (exact) mass is 295 g/mol. The van der Waals surface area contributed by atoms with Crippen LogP contribution in [0.5, 0.6) is 0 Å². The molecule has 0 aromatic heterocycles. The van der Waals surface area contributed by atoms with Crippen LogP contribution < -0.4 is 16.4 Å². The Morgan fingerprint density at radius 2 is 1.71 bits per heavy atom. The summed E-state index contributed by atoms with van der Waals surface area (Å²) in [7, 11) is 1.42. The molecule has 8 nitrogen and oxygen atoms in total. The number of benzene rings is 1. The molecule has 0 spiro atoms. The number of carbonyl (C=O) groups excluding carboxylic acids is 2. The molecule has 1 aromatic carbocycles. The van der Waals surface area contributed by atoms with Crippen LogP contribution in [0.1, 0.15) is 6.42 Å². The highest BCUT2D eigenvalue weighted by molar-refractivity contribution is 5.97. The lowest BCUT2D eigenvalue weighted by Crippen LogP contribution is -2.37. The second-order valence-electron chi connectivity index (χ2n) is 4.25. The Kier molecular flexibility index (Phi) is 6.31. The van der Waals surface area contributed by atoms with Gasteiger partial charge in [-0.15, -0.1) is 0 Å². The van der Waals surface area contributed by atoms with E-state index in [9.17, 15) is 14.4 Å². The summed E-state index contributed by atoms with van der Waals surface area (Å²) in [5.74, 6) is -2.03. The summed E-state index contributed by atoms with van der Waals surface area (Å²) < 4.78 is 4.68. The first kappa shape index (κ1) is 16.6. The molecule has 5 N–H and O–H groups in total. The second-order valence-corrected chi connectivity index (χ2v) is 4.25. The number of hydrogen-bond acceptors (Lipinski definition) is 5. The molecule has 0 radical (unpaired) electrons. The number of carboxylic acid groups (broad SMARTS) is 1. The lowest BCUT2D eigenvalue weighted by Gasteiger charge is -2.11. The molecule has 0 aliphatic rings. The highest BCUT2D eigenvalue weighted by atomic mass is 16.5. The van der Waals surface area contributed by atoms with Crippen LogP contribution in [0.4, 0.5) is 11.4 Å². The van der Waals surface area contributed by atoms with Gasteiger partial charge in [-0.25, -0.2) is 0 Å². The molecule has 8 heteroatoms. The van der Waals surface area contributed by atoms with Gasteiger partial charge in [0.25, 0.3) is 0 Å². The van der Waals surface area contributed by atoms with Gasteiger partial charge in [-0.3, -0.25) is 14.4 Å². The Balaban J connectivity index is 2.56. The van der Waals surface area contributed by atoms with Crippen molar-refractivity contribution in [1.29, 1.82) is 0 Å². The summed E-state index contributed by atoms with van der Waals surface area (Å²) in [4.78, 5) is 33.4. The number of hydrogen-bond donors (Lipinski definition) is 4. The van der Waals surface area contributed by atoms with Gasteiger partial charge in [0, 0.05) is 18.5 Å². The van der Waals surface area contributed by atoms with Crippen LogP contribution in [0.25, 0.3) is 0 Å². The maximum atomic E-state index is 11.6. The van der Waals surface area contributed by atoms with Crippen molar-refractivity contribution in [2.24, 2.45) is 5.73 Å². The fourth-order valence-electron chi connectivity index (χ4n) is 1.48. The first-order valence-corrected chi connectivity index (χ1v) is 6.09. The van der Waals surface area contributed by atoms with E-state index in [1.54, 1.807) is 24.3 Å². The molecule has 1 rings (SSSR count). The van der Waals surface area contributed by atoms with E-state index in [2.05, 4.69) is 15.4 Å². The number of ether oxygens (including phenoxy) is 1. The molecule has 0 bridgehead atoms. The van der Waals surface area contributed by atoms with Gasteiger partial charge in [-0.05, 0) is 24.3 Å². The number of methoxy groups -OCH3 is 1. The van der Waals surface area contributed by atoms with E-state index >= 15 is 0 Å². The number of nitrogens with two attached hydrogens (primary N) is 1. The summed E-state index contributed by atoms with van der Waals surface area (Å²) in [6.07, 6.45) is -0.447. The van der Waals surface area contributed by atoms with Crippen LogP contribution in [0, 0.1) is 0 Å². The Hall–Kier alpha value is -2.45. The van der Waals surface area contributed by atoms with E-state index in [1.165, 1.54) is 7.11 Å². The number of anilines is 2. The highest BCUT2D eigenvalue weighted by Crippen LogP contribution is 2.13. The highest BCUT2D eigenvalue weighted by Gasteiger charge is 2.16. The summed E-state index contributed by atoms with van der Waals surface area (Å²) in [6.45, 7) is -0.0530. The minimum atomic E-state index is -1.14. The fraction of sp³-hybridized carbons (Fsp3) is 0.308. The molecule has 0 saturated heterocycles. The molecule has 0 fully saturated rings.